The van der Waals surface area contributed by atoms with Gasteiger partial charge in [0, 0.05) is 25.9 Å². The Labute approximate surface area is 222 Å². The van der Waals surface area contributed by atoms with Crippen molar-refractivity contribution < 1.29 is 14.4 Å². The Morgan fingerprint density at radius 2 is 1.70 bits per heavy atom. The summed E-state index contributed by atoms with van der Waals surface area (Å²) in [6, 6.07) is 3.78. The lowest BCUT2D eigenvalue weighted by Gasteiger charge is -2.24. The van der Waals surface area contributed by atoms with Gasteiger partial charge in [0.1, 0.15) is 18.3 Å². The van der Waals surface area contributed by atoms with Gasteiger partial charge in [0.2, 0.25) is 11.8 Å². The van der Waals surface area contributed by atoms with Crippen molar-refractivity contribution in [3.8, 4) is 0 Å². The van der Waals surface area contributed by atoms with Crippen LogP contribution in [-0.4, -0.2) is 51.9 Å². The standard InChI is InChI=1S/C30H46N4O3/c1-21(2)15-16-24-18-25-14-12-10-8-6-7-9-11-13-17-31-30(37)22(3)33(5)27(36)20-34-29(25)26(19-24)28(32-34)23(4)35/h18-19,21-22H,6-17,20H2,1-5H3,(H,31,37)/t22-/m0/s1. The second-order valence-electron chi connectivity index (χ2n) is 11.2. The first-order valence-electron chi connectivity index (χ1n) is 14.3. The number of amides is 2. The molecule has 1 aliphatic rings. The van der Waals surface area contributed by atoms with E-state index in [1.54, 1.807) is 18.7 Å². The van der Waals surface area contributed by atoms with Crippen LogP contribution in [0.1, 0.15) is 107 Å². The predicted octanol–water partition coefficient (Wildman–Crippen LogP) is 5.47. The molecule has 1 N–H and O–H groups in total. The first kappa shape index (κ1) is 28.9. The maximum absolute atomic E-state index is 13.3. The van der Waals surface area contributed by atoms with E-state index in [-0.39, 0.29) is 24.1 Å². The third-order valence-corrected chi connectivity index (χ3v) is 7.64. The molecule has 0 spiro atoms. The van der Waals surface area contributed by atoms with Crippen molar-refractivity contribution in [2.24, 2.45) is 5.92 Å². The fourth-order valence-corrected chi connectivity index (χ4v) is 5.13. The lowest BCUT2D eigenvalue weighted by molar-refractivity contribution is -0.138. The SMILES string of the molecule is CC(=O)c1nn2c3c(cc(CCC(C)C)cc13)CCCCCCCCCCNC(=O)[C@H](C)N(C)C(=O)C2. The molecule has 0 saturated heterocycles. The van der Waals surface area contributed by atoms with Crippen LogP contribution in [0.25, 0.3) is 10.9 Å². The highest BCUT2D eigenvalue weighted by Crippen LogP contribution is 2.28. The van der Waals surface area contributed by atoms with Gasteiger partial charge < -0.3 is 10.2 Å². The number of hydrogen-bond donors (Lipinski definition) is 1. The number of aryl methyl sites for hydroxylation is 2. The molecule has 2 amide bonds. The number of nitrogens with zero attached hydrogens (tertiary/aromatic N) is 3. The molecule has 1 aromatic heterocycles. The molecule has 0 radical (unpaired) electrons. The summed E-state index contributed by atoms with van der Waals surface area (Å²) in [5.74, 6) is 0.158. The van der Waals surface area contributed by atoms with E-state index in [0.29, 0.717) is 18.2 Å². The van der Waals surface area contributed by atoms with E-state index in [4.69, 9.17) is 0 Å². The normalized spacial score (nSPS) is 19.4. The Bertz CT molecular complexity index is 1090. The van der Waals surface area contributed by atoms with Gasteiger partial charge in [0.25, 0.3) is 0 Å². The quantitative estimate of drug-likeness (QED) is 0.553. The summed E-state index contributed by atoms with van der Waals surface area (Å²) in [6.45, 7) is 8.38. The van der Waals surface area contributed by atoms with Crippen molar-refractivity contribution in [2.75, 3.05) is 13.6 Å². The van der Waals surface area contributed by atoms with Crippen LogP contribution in [0.5, 0.6) is 0 Å². The molecule has 1 aromatic carbocycles. The third-order valence-electron chi connectivity index (χ3n) is 7.64. The fraction of sp³-hybridized carbons (Fsp3) is 0.667. The van der Waals surface area contributed by atoms with Gasteiger partial charge in [-0.3, -0.25) is 19.1 Å². The second kappa shape index (κ2) is 13.7. The molecule has 204 valence electrons. The molecular formula is C30H46N4O3. The van der Waals surface area contributed by atoms with Gasteiger partial charge in [-0.05, 0) is 62.1 Å². The van der Waals surface area contributed by atoms with Crippen LogP contribution in [-0.2, 0) is 29.0 Å². The number of benzene rings is 1. The van der Waals surface area contributed by atoms with Crippen LogP contribution in [0.15, 0.2) is 12.1 Å². The van der Waals surface area contributed by atoms with Gasteiger partial charge in [-0.1, -0.05) is 58.4 Å². The summed E-state index contributed by atoms with van der Waals surface area (Å²) in [5, 5.41) is 8.47. The van der Waals surface area contributed by atoms with Crippen molar-refractivity contribution in [3.63, 3.8) is 0 Å². The summed E-state index contributed by atoms with van der Waals surface area (Å²) in [6.07, 6.45) is 12.1. The minimum absolute atomic E-state index is 0.00373. The largest absolute Gasteiger partial charge is 0.354 e. The first-order chi connectivity index (χ1) is 17.7. The highest BCUT2D eigenvalue weighted by Gasteiger charge is 2.25. The number of rotatable bonds is 4. The predicted molar refractivity (Wildman–Crippen MR) is 149 cm³/mol. The third kappa shape index (κ3) is 7.89. The molecular weight excluding hydrogens is 464 g/mol. The number of ketones is 1. The van der Waals surface area contributed by atoms with Crippen LogP contribution in [0.4, 0.5) is 0 Å². The van der Waals surface area contributed by atoms with E-state index < -0.39 is 6.04 Å². The number of aromatic nitrogens is 2. The summed E-state index contributed by atoms with van der Waals surface area (Å²) >= 11 is 0. The topological polar surface area (TPSA) is 84.3 Å². The molecule has 0 fully saturated rings. The minimum Gasteiger partial charge on any atom is -0.354 e. The highest BCUT2D eigenvalue weighted by molar-refractivity contribution is 6.06. The molecule has 0 saturated carbocycles. The second-order valence-corrected chi connectivity index (χ2v) is 11.2. The molecule has 0 bridgehead atoms. The fourth-order valence-electron chi connectivity index (χ4n) is 5.13. The molecule has 7 nitrogen and oxygen atoms in total. The molecule has 0 unspecified atom stereocenters. The Hall–Kier alpha value is -2.70. The van der Waals surface area contributed by atoms with Crippen molar-refractivity contribution in [2.45, 2.75) is 111 Å². The number of nitrogens with one attached hydrogen (secondary N) is 1. The summed E-state index contributed by atoms with van der Waals surface area (Å²) < 4.78 is 1.70. The molecule has 7 heteroatoms. The zero-order valence-corrected chi connectivity index (χ0v) is 23.6. The molecule has 2 heterocycles. The van der Waals surface area contributed by atoms with Gasteiger partial charge in [0.15, 0.2) is 5.78 Å². The smallest absolute Gasteiger partial charge is 0.244 e. The van der Waals surface area contributed by atoms with Crippen LogP contribution < -0.4 is 5.32 Å². The van der Waals surface area contributed by atoms with E-state index in [2.05, 4.69) is 36.4 Å². The van der Waals surface area contributed by atoms with Crippen molar-refractivity contribution in [1.29, 1.82) is 0 Å². The molecule has 37 heavy (non-hydrogen) atoms. The van der Waals surface area contributed by atoms with Gasteiger partial charge in [-0.25, -0.2) is 0 Å². The Morgan fingerprint density at radius 3 is 2.35 bits per heavy atom. The highest BCUT2D eigenvalue weighted by atomic mass is 16.2. The maximum Gasteiger partial charge on any atom is 0.244 e. The van der Waals surface area contributed by atoms with Crippen LogP contribution in [0, 0.1) is 5.92 Å². The molecule has 1 atom stereocenters. The molecule has 3 rings (SSSR count). The van der Waals surface area contributed by atoms with Crippen LogP contribution in [0.2, 0.25) is 0 Å². The number of hydrogen-bond acceptors (Lipinski definition) is 4. The van der Waals surface area contributed by atoms with Gasteiger partial charge in [0.05, 0.1) is 5.52 Å². The van der Waals surface area contributed by atoms with E-state index in [1.165, 1.54) is 49.5 Å². The summed E-state index contributed by atoms with van der Waals surface area (Å²) in [5.41, 5.74) is 3.70. The Kier molecular flexibility index (Phi) is 10.7. The molecule has 1 aliphatic heterocycles. The van der Waals surface area contributed by atoms with Crippen LogP contribution >= 0.6 is 0 Å². The maximum atomic E-state index is 13.3. The van der Waals surface area contributed by atoms with Crippen molar-refractivity contribution in [3.05, 3.63) is 29.0 Å². The van der Waals surface area contributed by atoms with E-state index in [0.717, 1.165) is 55.0 Å². The van der Waals surface area contributed by atoms with Crippen molar-refractivity contribution >= 4 is 28.5 Å². The van der Waals surface area contributed by atoms with Gasteiger partial charge in [-0.2, -0.15) is 5.10 Å². The van der Waals surface area contributed by atoms with Crippen molar-refractivity contribution in [1.82, 2.24) is 20.0 Å². The molecule has 0 aliphatic carbocycles. The van der Waals surface area contributed by atoms with Crippen LogP contribution in [0.3, 0.4) is 0 Å². The average Bonchev–Trinajstić information content (AvgIpc) is 3.22. The minimum atomic E-state index is -0.578. The Morgan fingerprint density at radius 1 is 1.05 bits per heavy atom. The zero-order chi connectivity index (χ0) is 26.9. The summed E-state index contributed by atoms with van der Waals surface area (Å²) in [4.78, 5) is 40.0. The number of carbonyl (C=O) groups is 3. The number of carbonyl (C=O) groups excluding carboxylic acids is 3. The van der Waals surface area contributed by atoms with E-state index in [9.17, 15) is 14.4 Å². The number of likely N-dealkylation sites (N-methyl/N-ethyl adjacent to an activating group) is 1. The lowest BCUT2D eigenvalue weighted by Crippen LogP contribution is -2.47. The lowest BCUT2D eigenvalue weighted by atomic mass is 9.95. The first-order valence-corrected chi connectivity index (χ1v) is 14.3. The van der Waals surface area contributed by atoms with E-state index >= 15 is 0 Å². The van der Waals surface area contributed by atoms with E-state index in [1.807, 2.05) is 0 Å². The molecule has 2 aromatic rings. The van der Waals surface area contributed by atoms with Gasteiger partial charge in [-0.15, -0.1) is 0 Å². The monoisotopic (exact) mass is 510 g/mol. The van der Waals surface area contributed by atoms with Gasteiger partial charge >= 0.3 is 0 Å². The summed E-state index contributed by atoms with van der Waals surface area (Å²) in [7, 11) is 1.66. The zero-order valence-electron chi connectivity index (χ0n) is 23.6. The number of Topliss-reactive ketones (excluding diaryl/α,β-unsaturated/α-hetero) is 1. The Balaban J connectivity index is 2.00. The average molecular weight is 511 g/mol.